The average molecular weight is 385 g/mol. The first-order chi connectivity index (χ1) is 13.1. The second-order valence-corrected chi connectivity index (χ2v) is 6.51. The number of hydrogen-bond acceptors (Lipinski definition) is 7. The second-order valence-electron chi connectivity index (χ2n) is 5.50. The van der Waals surface area contributed by atoms with E-state index >= 15 is 0 Å². The van der Waals surface area contributed by atoms with Gasteiger partial charge in [-0.15, -0.1) is 0 Å². The van der Waals surface area contributed by atoms with Crippen molar-refractivity contribution in [3.8, 4) is 17.2 Å². The number of carbonyl (C=O) groups is 1. The lowest BCUT2D eigenvalue weighted by molar-refractivity contribution is -0.121. The van der Waals surface area contributed by atoms with E-state index in [2.05, 4.69) is 9.98 Å². The summed E-state index contributed by atoms with van der Waals surface area (Å²) in [5.41, 5.74) is 1.40. The lowest BCUT2D eigenvalue weighted by Crippen LogP contribution is -2.23. The summed E-state index contributed by atoms with van der Waals surface area (Å²) >= 11 is 1.29. The SMILES string of the molecule is COc1ccc(/C=C2\SC(=Nc3cccnc3)N(C)C2=O)c(OC)c1OC. The van der Waals surface area contributed by atoms with E-state index in [1.807, 2.05) is 12.1 Å². The lowest BCUT2D eigenvalue weighted by Gasteiger charge is -2.14. The number of amides is 1. The van der Waals surface area contributed by atoms with E-state index in [0.29, 0.717) is 38.6 Å². The van der Waals surface area contributed by atoms with E-state index in [4.69, 9.17) is 14.2 Å². The number of rotatable bonds is 5. The van der Waals surface area contributed by atoms with Gasteiger partial charge >= 0.3 is 0 Å². The Morgan fingerprint density at radius 3 is 2.52 bits per heavy atom. The number of ether oxygens (including phenoxy) is 3. The molecule has 8 heteroatoms. The number of hydrogen-bond donors (Lipinski definition) is 0. The molecule has 1 fully saturated rings. The molecule has 27 heavy (non-hydrogen) atoms. The van der Waals surface area contributed by atoms with Gasteiger partial charge in [0, 0.05) is 18.8 Å². The lowest BCUT2D eigenvalue weighted by atomic mass is 10.1. The Labute approximate surface area is 161 Å². The average Bonchev–Trinajstić information content (AvgIpc) is 2.96. The number of amidine groups is 1. The van der Waals surface area contributed by atoms with Crippen molar-refractivity contribution in [3.63, 3.8) is 0 Å². The van der Waals surface area contributed by atoms with Crippen LogP contribution in [0.25, 0.3) is 6.08 Å². The van der Waals surface area contributed by atoms with Crippen LogP contribution < -0.4 is 14.2 Å². The van der Waals surface area contributed by atoms with Crippen LogP contribution in [0.2, 0.25) is 0 Å². The van der Waals surface area contributed by atoms with Gasteiger partial charge in [0.25, 0.3) is 5.91 Å². The zero-order valence-electron chi connectivity index (χ0n) is 15.4. The molecule has 3 rings (SSSR count). The molecule has 2 heterocycles. The van der Waals surface area contributed by atoms with Crippen molar-refractivity contribution in [3.05, 3.63) is 47.1 Å². The summed E-state index contributed by atoms with van der Waals surface area (Å²) in [6.07, 6.45) is 5.08. The fraction of sp³-hybridized carbons (Fsp3) is 0.211. The van der Waals surface area contributed by atoms with Gasteiger partial charge in [0.1, 0.15) is 0 Å². The normalized spacial score (nSPS) is 16.9. The van der Waals surface area contributed by atoms with Crippen molar-refractivity contribution in [2.45, 2.75) is 0 Å². The molecule has 1 amide bonds. The summed E-state index contributed by atoms with van der Waals surface area (Å²) in [4.78, 5) is 23.2. The van der Waals surface area contributed by atoms with Crippen LogP contribution >= 0.6 is 11.8 Å². The van der Waals surface area contributed by atoms with Crippen molar-refractivity contribution in [1.82, 2.24) is 9.88 Å². The highest BCUT2D eigenvalue weighted by Crippen LogP contribution is 2.42. The highest BCUT2D eigenvalue weighted by molar-refractivity contribution is 8.18. The Balaban J connectivity index is 1.98. The number of carbonyl (C=O) groups excluding carboxylic acids is 1. The minimum absolute atomic E-state index is 0.139. The summed E-state index contributed by atoms with van der Waals surface area (Å²) in [6.45, 7) is 0. The third-order valence-corrected chi connectivity index (χ3v) is 4.96. The molecule has 0 aliphatic carbocycles. The monoisotopic (exact) mass is 385 g/mol. The molecule has 0 bridgehead atoms. The molecule has 140 valence electrons. The van der Waals surface area contributed by atoms with Gasteiger partial charge < -0.3 is 14.2 Å². The van der Waals surface area contributed by atoms with E-state index in [0.717, 1.165) is 0 Å². The fourth-order valence-electron chi connectivity index (χ4n) is 2.56. The summed E-state index contributed by atoms with van der Waals surface area (Å²) in [5.74, 6) is 1.39. The molecule has 0 saturated carbocycles. The molecule has 0 radical (unpaired) electrons. The van der Waals surface area contributed by atoms with Crippen molar-refractivity contribution in [1.29, 1.82) is 0 Å². The Hall–Kier alpha value is -3.00. The maximum Gasteiger partial charge on any atom is 0.266 e. The van der Waals surface area contributed by atoms with Gasteiger partial charge in [-0.2, -0.15) is 0 Å². The molecule has 1 saturated heterocycles. The number of methoxy groups -OCH3 is 3. The molecule has 7 nitrogen and oxygen atoms in total. The van der Waals surface area contributed by atoms with Gasteiger partial charge in [-0.3, -0.25) is 14.7 Å². The van der Waals surface area contributed by atoms with Crippen molar-refractivity contribution in [2.75, 3.05) is 28.4 Å². The van der Waals surface area contributed by atoms with E-state index < -0.39 is 0 Å². The van der Waals surface area contributed by atoms with Crippen LogP contribution in [-0.2, 0) is 4.79 Å². The number of aromatic nitrogens is 1. The third kappa shape index (κ3) is 3.75. The first-order valence-electron chi connectivity index (χ1n) is 8.04. The number of pyridine rings is 1. The van der Waals surface area contributed by atoms with Crippen LogP contribution in [0.5, 0.6) is 17.2 Å². The number of likely N-dealkylation sites (N-methyl/N-ethyl adjacent to an activating group) is 1. The first kappa shape index (κ1) is 18.8. The smallest absolute Gasteiger partial charge is 0.266 e. The van der Waals surface area contributed by atoms with Gasteiger partial charge in [-0.25, -0.2) is 4.99 Å². The zero-order valence-corrected chi connectivity index (χ0v) is 16.2. The molecule has 1 aromatic carbocycles. The standard InChI is InChI=1S/C19H19N3O4S/c1-22-18(23)15(27-19(22)21-13-6-5-9-20-11-13)10-12-7-8-14(24-2)17(26-4)16(12)25-3/h5-11H,1-4H3/b15-10-,21-19?. The Morgan fingerprint density at radius 2 is 1.89 bits per heavy atom. The van der Waals surface area contributed by atoms with Crippen LogP contribution in [0.3, 0.4) is 0 Å². The molecule has 0 N–H and O–H groups in total. The molecular formula is C19H19N3O4S. The summed E-state index contributed by atoms with van der Waals surface area (Å²) in [7, 11) is 6.34. The van der Waals surface area contributed by atoms with Crippen LogP contribution in [0.4, 0.5) is 5.69 Å². The molecule has 0 atom stereocenters. The Bertz CT molecular complexity index is 913. The molecule has 1 aliphatic heterocycles. The fourth-order valence-corrected chi connectivity index (χ4v) is 3.54. The largest absolute Gasteiger partial charge is 0.493 e. The molecule has 1 aromatic heterocycles. The van der Waals surface area contributed by atoms with Gasteiger partial charge in [-0.1, -0.05) is 0 Å². The quantitative estimate of drug-likeness (QED) is 0.735. The molecule has 2 aromatic rings. The third-order valence-electron chi connectivity index (χ3n) is 3.90. The van der Waals surface area contributed by atoms with Crippen molar-refractivity contribution < 1.29 is 19.0 Å². The Kier molecular flexibility index (Phi) is 5.66. The number of nitrogens with zero attached hydrogens (tertiary/aromatic N) is 3. The molecule has 1 aliphatic rings. The maximum atomic E-state index is 12.6. The summed E-state index contributed by atoms with van der Waals surface area (Å²) in [6, 6.07) is 7.22. The van der Waals surface area contributed by atoms with Crippen LogP contribution in [0.1, 0.15) is 5.56 Å². The minimum Gasteiger partial charge on any atom is -0.493 e. The van der Waals surface area contributed by atoms with Crippen LogP contribution in [0.15, 0.2) is 46.6 Å². The predicted octanol–water partition coefficient (Wildman–Crippen LogP) is 3.34. The van der Waals surface area contributed by atoms with E-state index in [1.165, 1.54) is 16.7 Å². The van der Waals surface area contributed by atoms with Crippen LogP contribution in [-0.4, -0.2) is 49.3 Å². The number of thioether (sulfide) groups is 1. The molecule has 0 unspecified atom stereocenters. The van der Waals surface area contributed by atoms with Crippen molar-refractivity contribution >= 4 is 34.6 Å². The van der Waals surface area contributed by atoms with E-state index in [1.54, 1.807) is 59.0 Å². The first-order valence-corrected chi connectivity index (χ1v) is 8.86. The molecular weight excluding hydrogens is 366 g/mol. The van der Waals surface area contributed by atoms with E-state index in [-0.39, 0.29) is 5.91 Å². The number of aliphatic imine (C=N–C) groups is 1. The summed E-state index contributed by atoms with van der Waals surface area (Å²) in [5, 5.41) is 0.582. The second kappa shape index (κ2) is 8.13. The predicted molar refractivity (Wildman–Crippen MR) is 106 cm³/mol. The summed E-state index contributed by atoms with van der Waals surface area (Å²) < 4.78 is 16.2. The zero-order chi connectivity index (χ0) is 19.4. The van der Waals surface area contributed by atoms with Gasteiger partial charge in [0.05, 0.1) is 38.1 Å². The van der Waals surface area contributed by atoms with Gasteiger partial charge in [0.2, 0.25) is 5.75 Å². The Morgan fingerprint density at radius 1 is 1.11 bits per heavy atom. The minimum atomic E-state index is -0.139. The highest BCUT2D eigenvalue weighted by Gasteiger charge is 2.31. The highest BCUT2D eigenvalue weighted by atomic mass is 32.2. The van der Waals surface area contributed by atoms with E-state index in [9.17, 15) is 4.79 Å². The van der Waals surface area contributed by atoms with Gasteiger partial charge in [-0.05, 0) is 42.1 Å². The molecule has 0 spiro atoms. The van der Waals surface area contributed by atoms with Crippen LogP contribution in [0, 0.1) is 0 Å². The number of benzene rings is 1. The van der Waals surface area contributed by atoms with Gasteiger partial charge in [0.15, 0.2) is 16.7 Å². The topological polar surface area (TPSA) is 73.3 Å². The maximum absolute atomic E-state index is 12.6. The van der Waals surface area contributed by atoms with Crippen molar-refractivity contribution in [2.24, 2.45) is 4.99 Å².